The number of morpholine rings is 1. The zero-order valence-electron chi connectivity index (χ0n) is 14.5. The van der Waals surface area contributed by atoms with E-state index in [2.05, 4.69) is 0 Å². The minimum atomic E-state index is -0.336. The van der Waals surface area contributed by atoms with E-state index in [0.29, 0.717) is 26.1 Å². The number of amides is 1. The van der Waals surface area contributed by atoms with Crippen LogP contribution in [0.4, 0.5) is 0 Å². The Kier molecular flexibility index (Phi) is 6.02. The Morgan fingerprint density at radius 1 is 1.30 bits per heavy atom. The Morgan fingerprint density at radius 3 is 2.61 bits per heavy atom. The normalized spacial score (nSPS) is 20.3. The molecule has 1 aromatic carbocycles. The third kappa shape index (κ3) is 5.22. The minimum absolute atomic E-state index is 0.0614. The number of benzene rings is 1. The van der Waals surface area contributed by atoms with E-state index in [-0.39, 0.29) is 17.6 Å². The Balaban J connectivity index is 1.90. The molecule has 128 valence electrons. The molecule has 0 radical (unpaired) electrons. The van der Waals surface area contributed by atoms with Crippen LogP contribution < -0.4 is 4.74 Å². The van der Waals surface area contributed by atoms with Crippen LogP contribution in [0.5, 0.6) is 5.75 Å². The first kappa shape index (κ1) is 17.8. The molecule has 1 saturated heterocycles. The summed E-state index contributed by atoms with van der Waals surface area (Å²) in [5.41, 5.74) is 0.803. The van der Waals surface area contributed by atoms with Gasteiger partial charge >= 0.3 is 0 Å². The van der Waals surface area contributed by atoms with E-state index < -0.39 is 0 Å². The Morgan fingerprint density at radius 2 is 2.00 bits per heavy atom. The minimum Gasteiger partial charge on any atom is -0.497 e. The van der Waals surface area contributed by atoms with Crippen molar-refractivity contribution in [2.75, 3.05) is 33.9 Å². The molecule has 5 heteroatoms. The molecule has 5 nitrogen and oxygen atoms in total. The summed E-state index contributed by atoms with van der Waals surface area (Å²) in [4.78, 5) is 14.4. The van der Waals surface area contributed by atoms with E-state index >= 15 is 0 Å². The molecular weight excluding hydrogens is 294 g/mol. The fraction of sp³-hybridized carbons (Fsp3) is 0.611. The van der Waals surface area contributed by atoms with E-state index in [1.54, 1.807) is 14.2 Å². The highest BCUT2D eigenvalue weighted by Gasteiger charge is 2.35. The standard InChI is InChI=1S/C18H27NO4/c1-18(2)13-19(11-16(23-18)12-21-3)17(20)10-7-14-5-8-15(22-4)9-6-14/h5-6,8-9,16H,7,10-13H2,1-4H3. The Bertz CT molecular complexity index is 512. The predicted molar refractivity (Wildman–Crippen MR) is 88.7 cm³/mol. The molecule has 0 aliphatic carbocycles. The lowest BCUT2D eigenvalue weighted by molar-refractivity contribution is -0.168. The number of rotatable bonds is 6. The fourth-order valence-electron chi connectivity index (χ4n) is 2.96. The van der Waals surface area contributed by atoms with Gasteiger partial charge in [-0.05, 0) is 38.0 Å². The second-order valence-electron chi connectivity index (χ2n) is 6.58. The third-order valence-corrected chi connectivity index (χ3v) is 3.97. The summed E-state index contributed by atoms with van der Waals surface area (Å²) in [7, 11) is 3.30. The van der Waals surface area contributed by atoms with Crippen molar-refractivity contribution in [2.24, 2.45) is 0 Å². The molecule has 1 heterocycles. The van der Waals surface area contributed by atoms with Crippen molar-refractivity contribution in [1.82, 2.24) is 4.90 Å². The molecule has 23 heavy (non-hydrogen) atoms. The zero-order valence-corrected chi connectivity index (χ0v) is 14.5. The van der Waals surface area contributed by atoms with Crippen molar-refractivity contribution in [3.63, 3.8) is 0 Å². The maximum Gasteiger partial charge on any atom is 0.223 e. The van der Waals surface area contributed by atoms with E-state index in [0.717, 1.165) is 17.7 Å². The number of hydrogen-bond acceptors (Lipinski definition) is 4. The maximum atomic E-state index is 12.5. The highest BCUT2D eigenvalue weighted by Crippen LogP contribution is 2.22. The average Bonchev–Trinajstić information content (AvgIpc) is 2.52. The molecule has 0 spiro atoms. The van der Waals surface area contributed by atoms with Gasteiger partial charge in [-0.25, -0.2) is 0 Å². The first-order chi connectivity index (χ1) is 10.9. The lowest BCUT2D eigenvalue weighted by atomic mass is 10.0. The van der Waals surface area contributed by atoms with Crippen molar-refractivity contribution < 1.29 is 19.0 Å². The van der Waals surface area contributed by atoms with E-state index in [1.165, 1.54) is 0 Å². The van der Waals surface area contributed by atoms with E-state index in [4.69, 9.17) is 14.2 Å². The van der Waals surface area contributed by atoms with Crippen molar-refractivity contribution >= 4 is 5.91 Å². The smallest absolute Gasteiger partial charge is 0.223 e. The molecule has 1 aliphatic heterocycles. The molecule has 2 rings (SSSR count). The van der Waals surface area contributed by atoms with Crippen LogP contribution in [0.15, 0.2) is 24.3 Å². The zero-order chi connectivity index (χ0) is 16.9. The summed E-state index contributed by atoms with van der Waals surface area (Å²) in [5.74, 6) is 0.996. The lowest BCUT2D eigenvalue weighted by Crippen LogP contribution is -2.55. The summed E-state index contributed by atoms with van der Waals surface area (Å²) >= 11 is 0. The number of aryl methyl sites for hydroxylation is 1. The largest absolute Gasteiger partial charge is 0.497 e. The van der Waals surface area contributed by atoms with Crippen LogP contribution >= 0.6 is 0 Å². The summed E-state index contributed by atoms with van der Waals surface area (Å²) in [6, 6.07) is 7.85. The predicted octanol–water partition coefficient (Wildman–Crippen LogP) is 2.28. The van der Waals surface area contributed by atoms with Gasteiger partial charge in [-0.3, -0.25) is 4.79 Å². The van der Waals surface area contributed by atoms with Crippen LogP contribution in [-0.2, 0) is 20.7 Å². The monoisotopic (exact) mass is 321 g/mol. The molecule has 1 fully saturated rings. The molecule has 0 N–H and O–H groups in total. The SMILES string of the molecule is COCC1CN(C(=O)CCc2ccc(OC)cc2)CC(C)(C)O1. The molecule has 1 atom stereocenters. The lowest BCUT2D eigenvalue weighted by Gasteiger charge is -2.42. The summed E-state index contributed by atoms with van der Waals surface area (Å²) in [6.07, 6.45) is 1.17. The highest BCUT2D eigenvalue weighted by atomic mass is 16.5. The second kappa shape index (κ2) is 7.79. The van der Waals surface area contributed by atoms with Crippen molar-refractivity contribution in [2.45, 2.75) is 38.4 Å². The van der Waals surface area contributed by atoms with Crippen LogP contribution in [0.1, 0.15) is 25.8 Å². The number of carbonyl (C=O) groups is 1. The molecule has 1 amide bonds. The first-order valence-corrected chi connectivity index (χ1v) is 8.01. The molecule has 0 aromatic heterocycles. The van der Waals surface area contributed by atoms with Crippen LogP contribution in [0.2, 0.25) is 0 Å². The van der Waals surface area contributed by atoms with Crippen LogP contribution in [-0.4, -0.2) is 56.4 Å². The number of hydrogen-bond donors (Lipinski definition) is 0. The van der Waals surface area contributed by atoms with E-state index in [1.807, 2.05) is 43.0 Å². The number of ether oxygens (including phenoxy) is 3. The van der Waals surface area contributed by atoms with Gasteiger partial charge in [-0.15, -0.1) is 0 Å². The molecule has 1 aliphatic rings. The van der Waals surface area contributed by atoms with Gasteiger partial charge in [0.05, 0.1) is 25.4 Å². The van der Waals surface area contributed by atoms with Crippen LogP contribution in [0.25, 0.3) is 0 Å². The van der Waals surface area contributed by atoms with Crippen molar-refractivity contribution in [3.05, 3.63) is 29.8 Å². The topological polar surface area (TPSA) is 48.0 Å². The maximum absolute atomic E-state index is 12.5. The van der Waals surface area contributed by atoms with Gasteiger partial charge in [0.2, 0.25) is 5.91 Å². The average molecular weight is 321 g/mol. The Labute approximate surface area is 138 Å². The third-order valence-electron chi connectivity index (χ3n) is 3.97. The molecule has 0 saturated carbocycles. The number of nitrogens with zero attached hydrogens (tertiary/aromatic N) is 1. The Hall–Kier alpha value is -1.59. The van der Waals surface area contributed by atoms with Gasteiger partial charge in [0.1, 0.15) is 5.75 Å². The van der Waals surface area contributed by atoms with Crippen LogP contribution in [0.3, 0.4) is 0 Å². The van der Waals surface area contributed by atoms with Gasteiger partial charge < -0.3 is 19.1 Å². The molecular formula is C18H27NO4. The molecule has 1 unspecified atom stereocenters. The first-order valence-electron chi connectivity index (χ1n) is 8.01. The van der Waals surface area contributed by atoms with Crippen molar-refractivity contribution in [1.29, 1.82) is 0 Å². The second-order valence-corrected chi connectivity index (χ2v) is 6.58. The fourth-order valence-corrected chi connectivity index (χ4v) is 2.96. The number of carbonyl (C=O) groups excluding carboxylic acids is 1. The molecule has 0 bridgehead atoms. The summed E-state index contributed by atoms with van der Waals surface area (Å²) < 4.78 is 16.3. The van der Waals surface area contributed by atoms with Crippen LogP contribution in [0, 0.1) is 0 Å². The van der Waals surface area contributed by atoms with Gasteiger partial charge in [0, 0.05) is 26.6 Å². The quantitative estimate of drug-likeness (QED) is 0.806. The summed E-state index contributed by atoms with van der Waals surface area (Å²) in [6.45, 7) is 5.75. The highest BCUT2D eigenvalue weighted by molar-refractivity contribution is 5.76. The van der Waals surface area contributed by atoms with Gasteiger partial charge in [-0.1, -0.05) is 12.1 Å². The van der Waals surface area contributed by atoms with Gasteiger partial charge in [0.25, 0.3) is 0 Å². The number of methoxy groups -OCH3 is 2. The van der Waals surface area contributed by atoms with E-state index in [9.17, 15) is 4.79 Å². The van der Waals surface area contributed by atoms with Gasteiger partial charge in [0.15, 0.2) is 0 Å². The summed E-state index contributed by atoms with van der Waals surface area (Å²) in [5, 5.41) is 0. The van der Waals surface area contributed by atoms with Crippen molar-refractivity contribution in [3.8, 4) is 5.75 Å². The van der Waals surface area contributed by atoms with Gasteiger partial charge in [-0.2, -0.15) is 0 Å². The molecule has 1 aromatic rings.